The summed E-state index contributed by atoms with van der Waals surface area (Å²) in [6.07, 6.45) is 1.91. The van der Waals surface area contributed by atoms with Crippen LogP contribution in [0, 0.1) is 12.3 Å². The van der Waals surface area contributed by atoms with Crippen LogP contribution in [0.4, 0.5) is 5.95 Å². The van der Waals surface area contributed by atoms with Crippen LogP contribution in [-0.2, 0) is 0 Å². The lowest BCUT2D eigenvalue weighted by molar-refractivity contribution is 0.167. The number of nitrogens with one attached hydrogen (secondary N) is 1. The second kappa shape index (κ2) is 5.53. The van der Waals surface area contributed by atoms with Crippen LogP contribution in [0.3, 0.4) is 0 Å². The van der Waals surface area contributed by atoms with E-state index in [1.54, 1.807) is 0 Å². The molecule has 1 heterocycles. The number of aromatic nitrogens is 2. The maximum absolute atomic E-state index is 6.23. The standard InChI is InChI=1S/C14H22ClN3O/c1-5-6-19-12-7-9(2)16-13(18-12)17-11-8-10(15)14(11,3)4/h7,10-11H,5-6,8H2,1-4H3,(H,16,17,18). The first-order valence-corrected chi connectivity index (χ1v) is 7.26. The molecule has 0 aliphatic heterocycles. The van der Waals surface area contributed by atoms with Gasteiger partial charge in [0.25, 0.3) is 0 Å². The van der Waals surface area contributed by atoms with Crippen molar-refractivity contribution in [2.75, 3.05) is 11.9 Å². The normalized spacial score (nSPS) is 24.7. The van der Waals surface area contributed by atoms with Crippen molar-refractivity contribution < 1.29 is 4.74 Å². The number of alkyl halides is 1. The summed E-state index contributed by atoms with van der Waals surface area (Å²) in [5, 5.41) is 3.58. The molecule has 106 valence electrons. The van der Waals surface area contributed by atoms with Crippen LogP contribution in [0.1, 0.15) is 39.3 Å². The van der Waals surface area contributed by atoms with Crippen LogP contribution in [0.25, 0.3) is 0 Å². The highest BCUT2D eigenvalue weighted by Crippen LogP contribution is 2.45. The zero-order valence-electron chi connectivity index (χ0n) is 12.0. The minimum atomic E-state index is 0.0686. The summed E-state index contributed by atoms with van der Waals surface area (Å²) in [5.74, 6) is 1.27. The first-order chi connectivity index (χ1) is 8.93. The van der Waals surface area contributed by atoms with E-state index >= 15 is 0 Å². The molecule has 1 fully saturated rings. The summed E-state index contributed by atoms with van der Waals surface area (Å²) in [6, 6.07) is 2.17. The molecule has 4 nitrogen and oxygen atoms in total. The molecule has 0 amide bonds. The summed E-state index contributed by atoms with van der Waals surface area (Å²) in [5.41, 5.74) is 0.974. The Morgan fingerprint density at radius 3 is 2.79 bits per heavy atom. The molecule has 0 saturated heterocycles. The molecule has 0 spiro atoms. The lowest BCUT2D eigenvalue weighted by Gasteiger charge is -2.49. The molecule has 19 heavy (non-hydrogen) atoms. The van der Waals surface area contributed by atoms with E-state index < -0.39 is 0 Å². The van der Waals surface area contributed by atoms with E-state index in [-0.39, 0.29) is 10.8 Å². The third-order valence-electron chi connectivity index (χ3n) is 3.74. The quantitative estimate of drug-likeness (QED) is 0.842. The van der Waals surface area contributed by atoms with Gasteiger partial charge in [0.1, 0.15) is 0 Å². The molecular formula is C14H22ClN3O. The molecule has 0 aromatic carbocycles. The molecule has 5 heteroatoms. The summed E-state index contributed by atoms with van der Waals surface area (Å²) in [4.78, 5) is 8.81. The van der Waals surface area contributed by atoms with E-state index in [1.165, 1.54) is 0 Å². The summed E-state index contributed by atoms with van der Waals surface area (Å²) < 4.78 is 5.57. The zero-order valence-corrected chi connectivity index (χ0v) is 12.8. The Hall–Kier alpha value is -1.03. The number of anilines is 1. The van der Waals surface area contributed by atoms with Crippen molar-refractivity contribution in [2.24, 2.45) is 5.41 Å². The van der Waals surface area contributed by atoms with Gasteiger partial charge in [0.05, 0.1) is 6.61 Å². The minimum Gasteiger partial charge on any atom is -0.478 e. The molecule has 1 aromatic heterocycles. The molecule has 1 saturated carbocycles. The van der Waals surface area contributed by atoms with Gasteiger partial charge in [-0.3, -0.25) is 0 Å². The Kier molecular flexibility index (Phi) is 4.19. The van der Waals surface area contributed by atoms with Gasteiger partial charge in [0.2, 0.25) is 11.8 Å². The van der Waals surface area contributed by atoms with Crippen molar-refractivity contribution in [1.29, 1.82) is 0 Å². The van der Waals surface area contributed by atoms with Crippen LogP contribution < -0.4 is 10.1 Å². The molecule has 1 aliphatic carbocycles. The highest BCUT2D eigenvalue weighted by Gasteiger charge is 2.47. The second-order valence-corrected chi connectivity index (χ2v) is 6.27. The smallest absolute Gasteiger partial charge is 0.226 e. The van der Waals surface area contributed by atoms with Crippen molar-refractivity contribution in [3.63, 3.8) is 0 Å². The number of hydrogen-bond donors (Lipinski definition) is 1. The van der Waals surface area contributed by atoms with Crippen LogP contribution >= 0.6 is 11.6 Å². The van der Waals surface area contributed by atoms with Gasteiger partial charge in [0.15, 0.2) is 0 Å². The maximum atomic E-state index is 6.23. The largest absolute Gasteiger partial charge is 0.478 e. The van der Waals surface area contributed by atoms with Gasteiger partial charge >= 0.3 is 0 Å². The van der Waals surface area contributed by atoms with Crippen molar-refractivity contribution in [3.05, 3.63) is 11.8 Å². The van der Waals surface area contributed by atoms with Gasteiger partial charge < -0.3 is 10.1 Å². The van der Waals surface area contributed by atoms with Gasteiger partial charge in [-0.05, 0) is 19.8 Å². The highest BCUT2D eigenvalue weighted by molar-refractivity contribution is 6.21. The third kappa shape index (κ3) is 3.11. The number of halogens is 1. The molecule has 0 bridgehead atoms. The van der Waals surface area contributed by atoms with E-state index in [4.69, 9.17) is 16.3 Å². The van der Waals surface area contributed by atoms with Crippen LogP contribution in [0.2, 0.25) is 0 Å². The molecule has 2 rings (SSSR count). The summed E-state index contributed by atoms with van der Waals surface area (Å²) in [6.45, 7) is 9.02. The Labute approximate surface area is 119 Å². The van der Waals surface area contributed by atoms with Crippen molar-refractivity contribution in [1.82, 2.24) is 9.97 Å². The molecule has 1 aliphatic rings. The molecular weight excluding hydrogens is 262 g/mol. The van der Waals surface area contributed by atoms with Gasteiger partial charge in [0, 0.05) is 28.6 Å². The fourth-order valence-corrected chi connectivity index (χ4v) is 2.49. The third-order valence-corrected chi connectivity index (χ3v) is 4.48. The zero-order chi connectivity index (χ0) is 14.0. The predicted molar refractivity (Wildman–Crippen MR) is 78.0 cm³/mol. The van der Waals surface area contributed by atoms with Gasteiger partial charge in [-0.1, -0.05) is 20.8 Å². The lowest BCUT2D eigenvalue weighted by Crippen LogP contribution is -2.54. The topological polar surface area (TPSA) is 47.0 Å². The monoisotopic (exact) mass is 283 g/mol. The average Bonchev–Trinajstić information content (AvgIpc) is 2.35. The number of nitrogens with zero attached hydrogens (tertiary/aromatic N) is 2. The minimum absolute atomic E-state index is 0.0686. The van der Waals surface area contributed by atoms with Crippen molar-refractivity contribution in [3.8, 4) is 5.88 Å². The number of aryl methyl sites for hydroxylation is 1. The highest BCUT2D eigenvalue weighted by atomic mass is 35.5. The van der Waals surface area contributed by atoms with Crippen LogP contribution in [0.5, 0.6) is 5.88 Å². The summed E-state index contributed by atoms with van der Waals surface area (Å²) >= 11 is 6.23. The molecule has 0 radical (unpaired) electrons. The van der Waals surface area contributed by atoms with E-state index in [0.717, 1.165) is 18.5 Å². The summed E-state index contributed by atoms with van der Waals surface area (Å²) in [7, 11) is 0. The fourth-order valence-electron chi connectivity index (χ4n) is 2.16. The van der Waals surface area contributed by atoms with Gasteiger partial charge in [-0.2, -0.15) is 4.98 Å². The number of hydrogen-bond acceptors (Lipinski definition) is 4. The fraction of sp³-hybridized carbons (Fsp3) is 0.714. The SMILES string of the molecule is CCCOc1cc(C)nc(NC2CC(Cl)C2(C)C)n1. The van der Waals surface area contributed by atoms with Gasteiger partial charge in [-0.25, -0.2) is 4.98 Å². The average molecular weight is 284 g/mol. The van der Waals surface area contributed by atoms with Crippen molar-refractivity contribution >= 4 is 17.5 Å². The lowest BCUT2D eigenvalue weighted by atomic mass is 9.67. The molecule has 1 aromatic rings. The van der Waals surface area contributed by atoms with E-state index in [0.29, 0.717) is 24.5 Å². The molecule has 1 N–H and O–H groups in total. The van der Waals surface area contributed by atoms with E-state index in [2.05, 4.69) is 36.1 Å². The van der Waals surface area contributed by atoms with Crippen molar-refractivity contribution in [2.45, 2.75) is 52.0 Å². The Balaban J connectivity index is 2.06. The molecule has 2 atom stereocenters. The Bertz CT molecular complexity index is 450. The van der Waals surface area contributed by atoms with E-state index in [9.17, 15) is 0 Å². The Morgan fingerprint density at radius 2 is 2.21 bits per heavy atom. The van der Waals surface area contributed by atoms with E-state index in [1.807, 2.05) is 13.0 Å². The first-order valence-electron chi connectivity index (χ1n) is 6.82. The molecule has 2 unspecified atom stereocenters. The maximum Gasteiger partial charge on any atom is 0.226 e. The Morgan fingerprint density at radius 1 is 1.47 bits per heavy atom. The predicted octanol–water partition coefficient (Wildman–Crippen LogP) is 3.39. The first kappa shape index (κ1) is 14.4. The van der Waals surface area contributed by atoms with Gasteiger partial charge in [-0.15, -0.1) is 11.6 Å². The number of rotatable bonds is 5. The second-order valence-electron chi connectivity index (χ2n) is 5.74. The number of ether oxygens (including phenoxy) is 1. The van der Waals surface area contributed by atoms with Crippen LogP contribution in [-0.4, -0.2) is 28.0 Å². The van der Waals surface area contributed by atoms with Crippen LogP contribution in [0.15, 0.2) is 6.07 Å².